The Morgan fingerprint density at radius 3 is 2.95 bits per heavy atom. The number of amides is 1. The third-order valence-corrected chi connectivity index (χ3v) is 2.75. The molecule has 2 aromatic heterocycles. The van der Waals surface area contributed by atoms with E-state index in [0.29, 0.717) is 11.3 Å². The van der Waals surface area contributed by atoms with Gasteiger partial charge in [-0.3, -0.25) is 4.79 Å². The number of carbonyl (C=O) groups excluding carboxylic acids is 1. The predicted octanol–water partition coefficient (Wildman–Crippen LogP) is 2.73. The zero-order valence-corrected chi connectivity index (χ0v) is 9.88. The van der Waals surface area contributed by atoms with Crippen molar-refractivity contribution in [3.05, 3.63) is 66.4 Å². The highest BCUT2D eigenvalue weighted by molar-refractivity contribution is 6.05. The average Bonchev–Trinajstić information content (AvgIpc) is 2.88. The molecule has 0 saturated carbocycles. The quantitative estimate of drug-likeness (QED) is 0.765. The summed E-state index contributed by atoms with van der Waals surface area (Å²) in [7, 11) is 0. The number of hydrogen-bond donors (Lipinski definition) is 1. The van der Waals surface area contributed by atoms with Crippen LogP contribution in [0.15, 0.2) is 55.0 Å². The van der Waals surface area contributed by atoms with Crippen LogP contribution >= 0.6 is 0 Å². The minimum atomic E-state index is -0.438. The molecule has 0 aliphatic carbocycles. The van der Waals surface area contributed by atoms with Gasteiger partial charge in [0.2, 0.25) is 0 Å². The monoisotopic (exact) mass is 255 g/mol. The lowest BCUT2D eigenvalue weighted by atomic mass is 10.2. The summed E-state index contributed by atoms with van der Waals surface area (Å²) in [4.78, 5) is 16.2. The summed E-state index contributed by atoms with van der Waals surface area (Å²) in [6, 6.07) is 9.10. The van der Waals surface area contributed by atoms with Crippen molar-refractivity contribution in [1.82, 2.24) is 9.38 Å². The Labute approximate surface area is 108 Å². The van der Waals surface area contributed by atoms with Crippen LogP contribution in [0.5, 0.6) is 0 Å². The van der Waals surface area contributed by atoms with Crippen LogP contribution in [0.3, 0.4) is 0 Å². The molecule has 4 nitrogen and oxygen atoms in total. The summed E-state index contributed by atoms with van der Waals surface area (Å²) in [5.41, 5.74) is 1.50. The molecule has 0 spiro atoms. The summed E-state index contributed by atoms with van der Waals surface area (Å²) in [6.45, 7) is 0. The fourth-order valence-electron chi connectivity index (χ4n) is 1.87. The van der Waals surface area contributed by atoms with E-state index in [-0.39, 0.29) is 11.5 Å². The van der Waals surface area contributed by atoms with E-state index in [2.05, 4.69) is 10.3 Å². The van der Waals surface area contributed by atoms with Crippen LogP contribution in [0, 0.1) is 5.82 Å². The molecule has 0 aliphatic rings. The minimum absolute atomic E-state index is 0.272. The van der Waals surface area contributed by atoms with Crippen molar-refractivity contribution in [1.29, 1.82) is 0 Å². The number of benzene rings is 1. The second-order valence-corrected chi connectivity index (χ2v) is 4.04. The molecule has 3 rings (SSSR count). The van der Waals surface area contributed by atoms with Crippen LogP contribution in [0.25, 0.3) is 5.65 Å². The maximum Gasteiger partial charge on any atom is 0.255 e. The first kappa shape index (κ1) is 11.4. The van der Waals surface area contributed by atoms with Gasteiger partial charge in [0.15, 0.2) is 5.65 Å². The molecule has 5 heteroatoms. The molecule has 1 N–H and O–H groups in total. The smallest absolute Gasteiger partial charge is 0.255 e. The number of carbonyl (C=O) groups is 1. The van der Waals surface area contributed by atoms with Gasteiger partial charge in [-0.2, -0.15) is 0 Å². The van der Waals surface area contributed by atoms with Gasteiger partial charge >= 0.3 is 0 Å². The molecule has 0 unspecified atom stereocenters. The Kier molecular flexibility index (Phi) is 2.72. The molecule has 0 fully saturated rings. The van der Waals surface area contributed by atoms with Crippen molar-refractivity contribution in [2.45, 2.75) is 0 Å². The van der Waals surface area contributed by atoms with Crippen molar-refractivity contribution in [2.75, 3.05) is 5.32 Å². The van der Waals surface area contributed by atoms with E-state index < -0.39 is 5.82 Å². The molecular formula is C14H10FN3O. The van der Waals surface area contributed by atoms with Gasteiger partial charge in [0.1, 0.15) is 5.82 Å². The Morgan fingerprint density at radius 1 is 1.21 bits per heavy atom. The van der Waals surface area contributed by atoms with Crippen molar-refractivity contribution in [3.8, 4) is 0 Å². The number of aromatic nitrogens is 2. The number of fused-ring (bicyclic) bond motifs is 1. The van der Waals surface area contributed by atoms with Crippen molar-refractivity contribution in [3.63, 3.8) is 0 Å². The molecule has 0 aliphatic heterocycles. The van der Waals surface area contributed by atoms with Crippen LogP contribution in [-0.4, -0.2) is 15.3 Å². The van der Waals surface area contributed by atoms with Crippen molar-refractivity contribution < 1.29 is 9.18 Å². The average molecular weight is 255 g/mol. The minimum Gasteiger partial charge on any atom is -0.319 e. The van der Waals surface area contributed by atoms with Gasteiger partial charge in [0.25, 0.3) is 5.91 Å². The van der Waals surface area contributed by atoms with Gasteiger partial charge < -0.3 is 9.72 Å². The Morgan fingerprint density at radius 2 is 2.11 bits per heavy atom. The second kappa shape index (κ2) is 4.53. The van der Waals surface area contributed by atoms with E-state index >= 15 is 0 Å². The van der Waals surface area contributed by atoms with Crippen LogP contribution < -0.4 is 5.32 Å². The third-order valence-electron chi connectivity index (χ3n) is 2.75. The second-order valence-electron chi connectivity index (χ2n) is 4.04. The molecule has 0 bridgehead atoms. The molecule has 0 saturated heterocycles. The summed E-state index contributed by atoms with van der Waals surface area (Å²) in [6.07, 6.45) is 5.26. The van der Waals surface area contributed by atoms with Gasteiger partial charge in [0, 0.05) is 24.2 Å². The van der Waals surface area contributed by atoms with Gasteiger partial charge in [-0.15, -0.1) is 0 Å². The number of pyridine rings is 1. The fourth-order valence-corrected chi connectivity index (χ4v) is 1.87. The molecule has 2 heterocycles. The van der Waals surface area contributed by atoms with Crippen LogP contribution in [0.2, 0.25) is 0 Å². The number of nitrogens with zero attached hydrogens (tertiary/aromatic N) is 2. The van der Waals surface area contributed by atoms with E-state index in [0.717, 1.165) is 0 Å². The van der Waals surface area contributed by atoms with Crippen molar-refractivity contribution in [2.24, 2.45) is 0 Å². The SMILES string of the molecule is O=C(Nc1cccn2ccnc12)c1cccc(F)c1. The molecule has 0 radical (unpaired) electrons. The number of halogens is 1. The number of hydrogen-bond acceptors (Lipinski definition) is 2. The molecule has 19 heavy (non-hydrogen) atoms. The third kappa shape index (κ3) is 2.18. The predicted molar refractivity (Wildman–Crippen MR) is 69.5 cm³/mol. The van der Waals surface area contributed by atoms with E-state index in [1.165, 1.54) is 18.2 Å². The normalized spacial score (nSPS) is 10.6. The maximum atomic E-state index is 13.1. The van der Waals surface area contributed by atoms with E-state index in [1.54, 1.807) is 35.0 Å². The number of imidazole rings is 1. The Bertz CT molecular complexity index is 751. The highest BCUT2D eigenvalue weighted by Crippen LogP contribution is 2.16. The topological polar surface area (TPSA) is 46.4 Å². The fraction of sp³-hybridized carbons (Fsp3) is 0. The van der Waals surface area contributed by atoms with E-state index in [9.17, 15) is 9.18 Å². The molecule has 0 atom stereocenters. The Balaban J connectivity index is 1.93. The number of anilines is 1. The number of nitrogens with one attached hydrogen (secondary N) is 1. The standard InChI is InChI=1S/C14H10FN3O/c15-11-4-1-3-10(9-11)14(19)17-12-5-2-7-18-8-6-16-13(12)18/h1-9H,(H,17,19). The highest BCUT2D eigenvalue weighted by atomic mass is 19.1. The summed E-state index contributed by atoms with van der Waals surface area (Å²) in [5, 5.41) is 2.73. The number of rotatable bonds is 2. The molecule has 94 valence electrons. The Hall–Kier alpha value is -2.69. The van der Waals surface area contributed by atoms with Crippen LogP contribution in [0.4, 0.5) is 10.1 Å². The highest BCUT2D eigenvalue weighted by Gasteiger charge is 2.09. The maximum absolute atomic E-state index is 13.1. The van der Waals surface area contributed by atoms with Crippen LogP contribution in [-0.2, 0) is 0 Å². The summed E-state index contributed by atoms with van der Waals surface area (Å²) in [5.74, 6) is -0.803. The van der Waals surface area contributed by atoms with Crippen LogP contribution in [0.1, 0.15) is 10.4 Å². The van der Waals surface area contributed by atoms with Gasteiger partial charge in [-0.05, 0) is 30.3 Å². The summed E-state index contributed by atoms with van der Waals surface area (Å²) >= 11 is 0. The molecular weight excluding hydrogens is 245 g/mol. The first-order valence-corrected chi connectivity index (χ1v) is 5.72. The molecule has 1 amide bonds. The van der Waals surface area contributed by atoms with Crippen molar-refractivity contribution >= 4 is 17.2 Å². The lowest BCUT2D eigenvalue weighted by molar-refractivity contribution is 0.102. The largest absolute Gasteiger partial charge is 0.319 e. The van der Waals surface area contributed by atoms with E-state index in [4.69, 9.17) is 0 Å². The lowest BCUT2D eigenvalue weighted by Gasteiger charge is -2.06. The zero-order valence-electron chi connectivity index (χ0n) is 9.88. The lowest BCUT2D eigenvalue weighted by Crippen LogP contribution is -2.12. The summed E-state index contributed by atoms with van der Waals surface area (Å²) < 4.78 is 14.9. The van der Waals surface area contributed by atoms with Gasteiger partial charge in [-0.1, -0.05) is 6.07 Å². The molecule has 1 aromatic carbocycles. The first-order valence-electron chi connectivity index (χ1n) is 5.72. The zero-order chi connectivity index (χ0) is 13.2. The van der Waals surface area contributed by atoms with E-state index in [1.807, 2.05) is 6.20 Å². The van der Waals surface area contributed by atoms with Gasteiger partial charge in [-0.25, -0.2) is 9.37 Å². The first-order chi connectivity index (χ1) is 9.24. The molecule has 3 aromatic rings. The van der Waals surface area contributed by atoms with Gasteiger partial charge in [0.05, 0.1) is 5.69 Å².